The smallest absolute Gasteiger partial charge is 0.316 e. The Hall–Kier alpha value is -0.750. The Morgan fingerprint density at radius 1 is 1.44 bits per heavy atom. The predicted octanol–water partition coefficient (Wildman–Crippen LogP) is 1.60. The lowest BCUT2D eigenvalue weighted by Gasteiger charge is -2.23. The third kappa shape index (κ3) is 2.98. The minimum Gasteiger partial charge on any atom is -0.316 e. The molecule has 0 amide bonds. The number of nitrogens with one attached hydrogen (secondary N) is 2. The van der Waals surface area contributed by atoms with Crippen LogP contribution in [0, 0.1) is 0 Å². The van der Waals surface area contributed by atoms with Crippen molar-refractivity contribution in [1.82, 2.24) is 20.1 Å². The number of nitrogens with zero attached hydrogens (tertiary/aromatic N) is 2. The minimum atomic E-state index is -0.102. The third-order valence-corrected chi connectivity index (χ3v) is 5.01. The maximum Gasteiger partial charge on any atom is 0.343 e. The molecule has 1 aliphatic carbocycles. The van der Waals surface area contributed by atoms with Gasteiger partial charge in [-0.15, -0.1) is 5.10 Å². The van der Waals surface area contributed by atoms with Crippen molar-refractivity contribution in [2.75, 3.05) is 7.05 Å². The van der Waals surface area contributed by atoms with E-state index in [1.54, 1.807) is 16.3 Å². The Kier molecular flexibility index (Phi) is 4.88. The average molecular weight is 270 g/mol. The number of rotatable bonds is 4. The van der Waals surface area contributed by atoms with E-state index in [-0.39, 0.29) is 5.69 Å². The zero-order valence-corrected chi connectivity index (χ0v) is 11.9. The molecule has 1 fully saturated rings. The molecular weight excluding hydrogens is 248 g/mol. The van der Waals surface area contributed by atoms with Gasteiger partial charge in [-0.2, -0.15) is 0 Å². The summed E-state index contributed by atoms with van der Waals surface area (Å²) in [5.41, 5.74) is -0.102. The van der Waals surface area contributed by atoms with Gasteiger partial charge >= 0.3 is 5.69 Å². The van der Waals surface area contributed by atoms with Crippen LogP contribution < -0.4 is 11.0 Å². The minimum absolute atomic E-state index is 0.102. The standard InChI is InChI=1S/C12H22N4OS/c1-3-16-11(17)14-15-12(16)18-10-8-6-4-5-7-9(10)13-2/h9-10,13H,3-8H2,1-2H3,(H,14,17). The Balaban J connectivity index is 2.12. The molecule has 2 N–H and O–H groups in total. The largest absolute Gasteiger partial charge is 0.343 e. The molecule has 1 aromatic rings. The summed E-state index contributed by atoms with van der Waals surface area (Å²) in [6.45, 7) is 2.65. The van der Waals surface area contributed by atoms with E-state index in [0.29, 0.717) is 17.8 Å². The molecule has 0 saturated heterocycles. The lowest BCUT2D eigenvalue weighted by atomic mass is 10.1. The van der Waals surface area contributed by atoms with Gasteiger partial charge in [0.15, 0.2) is 5.16 Å². The van der Waals surface area contributed by atoms with E-state index in [0.717, 1.165) is 5.16 Å². The number of aromatic amines is 1. The molecule has 1 aromatic heterocycles. The number of thioether (sulfide) groups is 1. The quantitative estimate of drug-likeness (QED) is 0.816. The van der Waals surface area contributed by atoms with Crippen LogP contribution in [0.25, 0.3) is 0 Å². The fourth-order valence-electron chi connectivity index (χ4n) is 2.55. The van der Waals surface area contributed by atoms with Gasteiger partial charge in [0.05, 0.1) is 0 Å². The summed E-state index contributed by atoms with van der Waals surface area (Å²) in [5, 5.41) is 11.4. The molecule has 2 unspecified atom stereocenters. The van der Waals surface area contributed by atoms with Crippen LogP contribution in [0.2, 0.25) is 0 Å². The van der Waals surface area contributed by atoms with E-state index in [4.69, 9.17) is 0 Å². The van der Waals surface area contributed by atoms with Crippen LogP contribution in [-0.2, 0) is 6.54 Å². The second kappa shape index (κ2) is 6.43. The highest BCUT2D eigenvalue weighted by atomic mass is 32.2. The van der Waals surface area contributed by atoms with Crippen molar-refractivity contribution in [2.24, 2.45) is 0 Å². The second-order valence-electron chi connectivity index (χ2n) is 4.75. The first-order chi connectivity index (χ1) is 8.76. The maximum atomic E-state index is 11.5. The first-order valence-corrected chi connectivity index (χ1v) is 7.63. The second-order valence-corrected chi connectivity index (χ2v) is 5.95. The monoisotopic (exact) mass is 270 g/mol. The van der Waals surface area contributed by atoms with Gasteiger partial charge in [0, 0.05) is 17.8 Å². The molecule has 0 aliphatic heterocycles. The Bertz CT molecular complexity index is 428. The molecule has 1 heterocycles. The summed E-state index contributed by atoms with van der Waals surface area (Å²) < 4.78 is 1.71. The van der Waals surface area contributed by atoms with Gasteiger partial charge in [0.2, 0.25) is 0 Å². The van der Waals surface area contributed by atoms with E-state index in [9.17, 15) is 4.79 Å². The van der Waals surface area contributed by atoms with E-state index >= 15 is 0 Å². The predicted molar refractivity (Wildman–Crippen MR) is 74.1 cm³/mol. The molecule has 2 rings (SSSR count). The van der Waals surface area contributed by atoms with Crippen LogP contribution in [-0.4, -0.2) is 33.1 Å². The Labute approximate surface area is 112 Å². The summed E-state index contributed by atoms with van der Waals surface area (Å²) in [7, 11) is 2.03. The lowest BCUT2D eigenvalue weighted by molar-refractivity contribution is 0.508. The number of aromatic nitrogens is 3. The van der Waals surface area contributed by atoms with Crippen molar-refractivity contribution in [1.29, 1.82) is 0 Å². The van der Waals surface area contributed by atoms with Crippen molar-refractivity contribution in [3.05, 3.63) is 10.5 Å². The van der Waals surface area contributed by atoms with Gasteiger partial charge in [0.25, 0.3) is 0 Å². The van der Waals surface area contributed by atoms with Crippen molar-refractivity contribution >= 4 is 11.8 Å². The molecule has 0 spiro atoms. The molecule has 102 valence electrons. The van der Waals surface area contributed by atoms with Gasteiger partial charge in [-0.25, -0.2) is 9.89 Å². The Morgan fingerprint density at radius 2 is 2.22 bits per heavy atom. The Morgan fingerprint density at radius 3 is 2.94 bits per heavy atom. The van der Waals surface area contributed by atoms with Crippen molar-refractivity contribution in [3.8, 4) is 0 Å². The highest BCUT2D eigenvalue weighted by molar-refractivity contribution is 7.99. The number of H-pyrrole nitrogens is 1. The molecular formula is C12H22N4OS. The van der Waals surface area contributed by atoms with Crippen LogP contribution in [0.4, 0.5) is 0 Å². The van der Waals surface area contributed by atoms with Crippen LogP contribution in [0.5, 0.6) is 0 Å². The summed E-state index contributed by atoms with van der Waals surface area (Å²) >= 11 is 1.74. The molecule has 1 aliphatic rings. The lowest BCUT2D eigenvalue weighted by Crippen LogP contribution is -2.35. The van der Waals surface area contributed by atoms with Gasteiger partial charge in [-0.05, 0) is 26.8 Å². The van der Waals surface area contributed by atoms with Gasteiger partial charge in [0.1, 0.15) is 0 Å². The van der Waals surface area contributed by atoms with E-state index in [2.05, 4.69) is 15.5 Å². The highest BCUT2D eigenvalue weighted by Crippen LogP contribution is 2.31. The number of hydrogen-bond donors (Lipinski definition) is 2. The topological polar surface area (TPSA) is 62.7 Å². The SMILES string of the molecule is CCn1c(SC2CCCCCC2NC)n[nH]c1=O. The normalized spacial score (nSPS) is 25.0. The van der Waals surface area contributed by atoms with Gasteiger partial charge in [-0.3, -0.25) is 4.57 Å². The average Bonchev–Trinajstić information content (AvgIpc) is 2.60. The molecule has 0 radical (unpaired) electrons. The van der Waals surface area contributed by atoms with Crippen LogP contribution in [0.1, 0.15) is 39.0 Å². The third-order valence-electron chi connectivity index (χ3n) is 3.62. The summed E-state index contributed by atoms with van der Waals surface area (Å²) in [6.07, 6.45) is 6.30. The maximum absolute atomic E-state index is 11.5. The summed E-state index contributed by atoms with van der Waals surface area (Å²) in [5.74, 6) is 0. The van der Waals surface area contributed by atoms with Gasteiger partial charge < -0.3 is 5.32 Å². The fourth-order valence-corrected chi connectivity index (χ4v) is 3.98. The first-order valence-electron chi connectivity index (χ1n) is 6.75. The van der Waals surface area contributed by atoms with Crippen LogP contribution in [0.15, 0.2) is 9.95 Å². The zero-order valence-electron chi connectivity index (χ0n) is 11.1. The van der Waals surface area contributed by atoms with E-state index in [1.807, 2.05) is 14.0 Å². The molecule has 2 atom stereocenters. The van der Waals surface area contributed by atoms with Crippen molar-refractivity contribution < 1.29 is 0 Å². The van der Waals surface area contributed by atoms with E-state index < -0.39 is 0 Å². The molecule has 0 aromatic carbocycles. The molecule has 18 heavy (non-hydrogen) atoms. The van der Waals surface area contributed by atoms with Crippen molar-refractivity contribution in [3.63, 3.8) is 0 Å². The van der Waals surface area contributed by atoms with Crippen molar-refractivity contribution in [2.45, 2.75) is 62.0 Å². The van der Waals surface area contributed by atoms with Crippen LogP contribution >= 0.6 is 11.8 Å². The highest BCUT2D eigenvalue weighted by Gasteiger charge is 2.25. The van der Waals surface area contributed by atoms with Gasteiger partial charge in [-0.1, -0.05) is 31.0 Å². The molecule has 0 bridgehead atoms. The molecule has 1 saturated carbocycles. The number of hydrogen-bond acceptors (Lipinski definition) is 4. The summed E-state index contributed by atoms with van der Waals surface area (Å²) in [6, 6.07) is 0.523. The molecule has 5 nitrogen and oxygen atoms in total. The van der Waals surface area contributed by atoms with Crippen LogP contribution in [0.3, 0.4) is 0 Å². The summed E-state index contributed by atoms with van der Waals surface area (Å²) in [4.78, 5) is 11.5. The first kappa shape index (κ1) is 13.7. The zero-order chi connectivity index (χ0) is 13.0. The molecule has 6 heteroatoms. The fraction of sp³-hybridized carbons (Fsp3) is 0.833. The van der Waals surface area contributed by atoms with E-state index in [1.165, 1.54) is 32.1 Å².